The van der Waals surface area contributed by atoms with Crippen LogP contribution in [0.25, 0.3) is 0 Å². The van der Waals surface area contributed by atoms with Gasteiger partial charge in [0.05, 0.1) is 17.8 Å². The van der Waals surface area contributed by atoms with E-state index in [9.17, 15) is 0 Å². The summed E-state index contributed by atoms with van der Waals surface area (Å²) in [4.78, 5) is 8.78. The molecule has 0 aliphatic heterocycles. The van der Waals surface area contributed by atoms with E-state index in [0.29, 0.717) is 17.5 Å². The number of aromatic nitrogens is 4. The van der Waals surface area contributed by atoms with Crippen LogP contribution in [0.5, 0.6) is 0 Å². The Kier molecular flexibility index (Phi) is 3.81. The van der Waals surface area contributed by atoms with Gasteiger partial charge in [0.2, 0.25) is 5.95 Å². The molecule has 0 atom stereocenters. The van der Waals surface area contributed by atoms with Gasteiger partial charge in [0.25, 0.3) is 0 Å². The molecular weight excluding hydrogens is 250 g/mol. The SMILES string of the molecule is Cc1nc(NCCn2cc(Cl)cn2)nc(C)c1C. The van der Waals surface area contributed by atoms with Crippen molar-refractivity contribution in [1.29, 1.82) is 0 Å². The first kappa shape index (κ1) is 12.8. The fourth-order valence-corrected chi connectivity index (χ4v) is 1.75. The predicted octanol–water partition coefficient (Wildman–Crippen LogP) is 2.36. The van der Waals surface area contributed by atoms with Crippen molar-refractivity contribution in [3.63, 3.8) is 0 Å². The molecule has 2 aromatic rings. The van der Waals surface area contributed by atoms with Crippen LogP contribution >= 0.6 is 11.6 Å². The van der Waals surface area contributed by atoms with Crippen LogP contribution in [0.15, 0.2) is 12.4 Å². The third-order valence-corrected chi connectivity index (χ3v) is 3.05. The van der Waals surface area contributed by atoms with Gasteiger partial charge in [0.1, 0.15) is 0 Å². The van der Waals surface area contributed by atoms with E-state index in [1.807, 2.05) is 20.8 Å². The Morgan fingerprint density at radius 3 is 2.44 bits per heavy atom. The highest BCUT2D eigenvalue weighted by Crippen LogP contribution is 2.10. The van der Waals surface area contributed by atoms with E-state index < -0.39 is 0 Å². The number of nitrogens with zero attached hydrogens (tertiary/aromatic N) is 4. The number of rotatable bonds is 4. The summed E-state index contributed by atoms with van der Waals surface area (Å²) in [5.74, 6) is 0.661. The van der Waals surface area contributed by atoms with Crippen molar-refractivity contribution in [3.8, 4) is 0 Å². The molecule has 96 valence electrons. The van der Waals surface area contributed by atoms with Gasteiger partial charge in [-0.3, -0.25) is 4.68 Å². The van der Waals surface area contributed by atoms with Gasteiger partial charge < -0.3 is 5.32 Å². The van der Waals surface area contributed by atoms with Crippen molar-refractivity contribution in [3.05, 3.63) is 34.4 Å². The lowest BCUT2D eigenvalue weighted by atomic mass is 10.2. The summed E-state index contributed by atoms with van der Waals surface area (Å²) in [6.07, 6.45) is 3.41. The summed E-state index contributed by atoms with van der Waals surface area (Å²) in [7, 11) is 0. The fourth-order valence-electron chi connectivity index (χ4n) is 1.59. The minimum absolute atomic E-state index is 0.647. The monoisotopic (exact) mass is 265 g/mol. The Bertz CT molecular complexity index is 526. The first-order valence-corrected chi connectivity index (χ1v) is 6.17. The van der Waals surface area contributed by atoms with E-state index >= 15 is 0 Å². The van der Waals surface area contributed by atoms with E-state index in [-0.39, 0.29) is 0 Å². The van der Waals surface area contributed by atoms with Gasteiger partial charge in [-0.05, 0) is 26.3 Å². The molecule has 0 aliphatic carbocycles. The molecule has 2 aromatic heterocycles. The van der Waals surface area contributed by atoms with Crippen LogP contribution in [-0.2, 0) is 6.54 Å². The molecule has 6 heteroatoms. The zero-order valence-corrected chi connectivity index (χ0v) is 11.5. The van der Waals surface area contributed by atoms with E-state index in [4.69, 9.17) is 11.6 Å². The molecule has 0 bridgehead atoms. The minimum atomic E-state index is 0.647. The van der Waals surface area contributed by atoms with Gasteiger partial charge in [-0.15, -0.1) is 0 Å². The van der Waals surface area contributed by atoms with E-state index in [1.54, 1.807) is 17.1 Å². The van der Waals surface area contributed by atoms with Gasteiger partial charge in [-0.2, -0.15) is 5.10 Å². The molecule has 0 unspecified atom stereocenters. The lowest BCUT2D eigenvalue weighted by Gasteiger charge is -2.09. The maximum Gasteiger partial charge on any atom is 0.223 e. The van der Waals surface area contributed by atoms with Crippen molar-refractivity contribution in [2.75, 3.05) is 11.9 Å². The van der Waals surface area contributed by atoms with Gasteiger partial charge in [-0.25, -0.2) is 9.97 Å². The Morgan fingerprint density at radius 2 is 1.89 bits per heavy atom. The van der Waals surface area contributed by atoms with E-state index in [2.05, 4.69) is 20.4 Å². The van der Waals surface area contributed by atoms with Crippen molar-refractivity contribution in [2.24, 2.45) is 0 Å². The second-order valence-electron chi connectivity index (χ2n) is 4.19. The van der Waals surface area contributed by atoms with Crippen LogP contribution in [-0.4, -0.2) is 26.3 Å². The Balaban J connectivity index is 1.94. The lowest BCUT2D eigenvalue weighted by Crippen LogP contribution is -2.13. The molecule has 5 nitrogen and oxygen atoms in total. The topological polar surface area (TPSA) is 55.6 Å². The summed E-state index contributed by atoms with van der Waals surface area (Å²) in [5.41, 5.74) is 3.15. The molecule has 0 saturated heterocycles. The number of aryl methyl sites for hydroxylation is 2. The Hall–Kier alpha value is -1.62. The second kappa shape index (κ2) is 5.35. The highest BCUT2D eigenvalue weighted by atomic mass is 35.5. The third kappa shape index (κ3) is 2.98. The van der Waals surface area contributed by atoms with Crippen LogP contribution in [0.1, 0.15) is 17.0 Å². The predicted molar refractivity (Wildman–Crippen MR) is 72.0 cm³/mol. The van der Waals surface area contributed by atoms with E-state index in [1.165, 1.54) is 0 Å². The molecule has 2 rings (SSSR count). The maximum atomic E-state index is 5.79. The molecule has 2 heterocycles. The quantitative estimate of drug-likeness (QED) is 0.922. The largest absolute Gasteiger partial charge is 0.352 e. The maximum absolute atomic E-state index is 5.79. The summed E-state index contributed by atoms with van der Waals surface area (Å²) in [6.45, 7) is 7.44. The Morgan fingerprint density at radius 1 is 1.22 bits per heavy atom. The summed E-state index contributed by atoms with van der Waals surface area (Å²) < 4.78 is 1.78. The van der Waals surface area contributed by atoms with Crippen molar-refractivity contribution >= 4 is 17.5 Å². The lowest BCUT2D eigenvalue weighted by molar-refractivity contribution is 0.635. The summed E-state index contributed by atoms with van der Waals surface area (Å²) in [6, 6.07) is 0. The molecule has 0 aliphatic rings. The van der Waals surface area contributed by atoms with Crippen LogP contribution in [0, 0.1) is 20.8 Å². The van der Waals surface area contributed by atoms with Crippen molar-refractivity contribution in [2.45, 2.75) is 27.3 Å². The van der Waals surface area contributed by atoms with Crippen molar-refractivity contribution < 1.29 is 0 Å². The normalized spacial score (nSPS) is 10.7. The molecule has 0 aromatic carbocycles. The zero-order chi connectivity index (χ0) is 13.1. The second-order valence-corrected chi connectivity index (χ2v) is 4.63. The van der Waals surface area contributed by atoms with Crippen LogP contribution in [0.4, 0.5) is 5.95 Å². The first-order valence-electron chi connectivity index (χ1n) is 5.80. The van der Waals surface area contributed by atoms with E-state index in [0.717, 1.165) is 23.5 Å². The van der Waals surface area contributed by atoms with Gasteiger partial charge in [-0.1, -0.05) is 11.6 Å². The van der Waals surface area contributed by atoms with Gasteiger partial charge in [0, 0.05) is 24.1 Å². The van der Waals surface area contributed by atoms with Crippen molar-refractivity contribution in [1.82, 2.24) is 19.7 Å². The van der Waals surface area contributed by atoms with Gasteiger partial charge in [0.15, 0.2) is 0 Å². The molecule has 0 saturated carbocycles. The molecule has 0 amide bonds. The number of hydrogen-bond acceptors (Lipinski definition) is 4. The average Bonchev–Trinajstić information content (AvgIpc) is 2.72. The number of anilines is 1. The number of nitrogens with one attached hydrogen (secondary N) is 1. The van der Waals surface area contributed by atoms with Crippen LogP contribution in [0.2, 0.25) is 5.02 Å². The smallest absolute Gasteiger partial charge is 0.223 e. The number of hydrogen-bond donors (Lipinski definition) is 1. The molecule has 0 fully saturated rings. The summed E-state index contributed by atoms with van der Waals surface area (Å²) in [5, 5.41) is 7.93. The number of halogens is 1. The standard InChI is InChI=1S/C12H16ClN5/c1-8-9(2)16-12(17-10(8)3)14-4-5-18-7-11(13)6-15-18/h6-7H,4-5H2,1-3H3,(H,14,16,17). The minimum Gasteiger partial charge on any atom is -0.352 e. The van der Waals surface area contributed by atoms with Gasteiger partial charge >= 0.3 is 0 Å². The fraction of sp³-hybridized carbons (Fsp3) is 0.417. The average molecular weight is 266 g/mol. The highest BCUT2D eigenvalue weighted by molar-refractivity contribution is 6.30. The Labute approximate surface area is 111 Å². The highest BCUT2D eigenvalue weighted by Gasteiger charge is 2.03. The molecule has 0 radical (unpaired) electrons. The van der Waals surface area contributed by atoms with Crippen LogP contribution in [0.3, 0.4) is 0 Å². The molecule has 1 N–H and O–H groups in total. The molecule has 0 spiro atoms. The van der Waals surface area contributed by atoms with Crippen LogP contribution < -0.4 is 5.32 Å². The first-order chi connectivity index (χ1) is 8.56. The molecule has 18 heavy (non-hydrogen) atoms. The molecular formula is C12H16ClN5. The third-order valence-electron chi connectivity index (χ3n) is 2.86. The zero-order valence-electron chi connectivity index (χ0n) is 10.7. The summed E-state index contributed by atoms with van der Waals surface area (Å²) >= 11 is 5.79.